The summed E-state index contributed by atoms with van der Waals surface area (Å²) in [5.41, 5.74) is 0. The summed E-state index contributed by atoms with van der Waals surface area (Å²) in [4.78, 5) is 21.4. The molecular formula is C7H6O2S. The lowest BCUT2D eigenvalue weighted by molar-refractivity contribution is -0.107. The molecule has 3 heteroatoms. The molecule has 1 aromatic rings. The van der Waals surface area contributed by atoms with Crippen LogP contribution >= 0.6 is 11.3 Å². The Balaban J connectivity index is 2.68. The molecular weight excluding hydrogens is 148 g/mol. The summed E-state index contributed by atoms with van der Waals surface area (Å²) < 4.78 is 0. The van der Waals surface area contributed by atoms with Crippen molar-refractivity contribution in [3.63, 3.8) is 0 Å². The highest BCUT2D eigenvalue weighted by Gasteiger charge is 2.03. The Kier molecular flexibility index (Phi) is 2.34. The molecule has 0 saturated heterocycles. The summed E-state index contributed by atoms with van der Waals surface area (Å²) in [7, 11) is 0. The van der Waals surface area contributed by atoms with Gasteiger partial charge in [-0.3, -0.25) is 4.79 Å². The Morgan fingerprint density at radius 3 is 3.00 bits per heavy atom. The van der Waals surface area contributed by atoms with Gasteiger partial charge in [-0.1, -0.05) is 6.07 Å². The van der Waals surface area contributed by atoms with Gasteiger partial charge in [-0.25, -0.2) is 0 Å². The highest BCUT2D eigenvalue weighted by molar-refractivity contribution is 7.12. The molecule has 0 N–H and O–H groups in total. The van der Waals surface area contributed by atoms with Gasteiger partial charge in [-0.15, -0.1) is 11.3 Å². The van der Waals surface area contributed by atoms with Gasteiger partial charge in [-0.2, -0.15) is 0 Å². The van der Waals surface area contributed by atoms with Crippen LogP contribution in [0.25, 0.3) is 0 Å². The molecule has 1 rings (SSSR count). The molecule has 0 bridgehead atoms. The van der Waals surface area contributed by atoms with E-state index in [9.17, 15) is 9.59 Å². The van der Waals surface area contributed by atoms with Gasteiger partial charge in [0.05, 0.1) is 11.3 Å². The van der Waals surface area contributed by atoms with Gasteiger partial charge in [0.15, 0.2) is 5.78 Å². The molecule has 0 aromatic carbocycles. The largest absolute Gasteiger partial charge is 0.303 e. The summed E-state index contributed by atoms with van der Waals surface area (Å²) in [5.74, 6) is -0.0926. The van der Waals surface area contributed by atoms with Crippen molar-refractivity contribution >= 4 is 23.4 Å². The molecule has 52 valence electrons. The van der Waals surface area contributed by atoms with Gasteiger partial charge in [0, 0.05) is 0 Å². The minimum Gasteiger partial charge on any atom is -0.303 e. The van der Waals surface area contributed by atoms with Gasteiger partial charge in [0.1, 0.15) is 6.29 Å². The zero-order valence-electron chi connectivity index (χ0n) is 5.24. The number of Topliss-reactive ketones (excluding diaryl/α,β-unsaturated/α-hetero) is 1. The zero-order chi connectivity index (χ0) is 7.40. The average Bonchev–Trinajstić information content (AvgIpc) is 2.38. The maximum absolute atomic E-state index is 10.9. The Labute approximate surface area is 62.5 Å². The number of thiophene rings is 1. The lowest BCUT2D eigenvalue weighted by atomic mass is 10.2. The van der Waals surface area contributed by atoms with Crippen molar-refractivity contribution < 1.29 is 9.59 Å². The Morgan fingerprint density at radius 2 is 2.50 bits per heavy atom. The SMILES string of the molecule is O=CCC(=O)c1cccs1. The molecule has 1 aromatic heterocycles. The predicted molar refractivity (Wildman–Crippen MR) is 39.3 cm³/mol. The van der Waals surface area contributed by atoms with Crippen LogP contribution in [0.2, 0.25) is 0 Å². The zero-order valence-corrected chi connectivity index (χ0v) is 6.06. The fourth-order valence-electron chi connectivity index (χ4n) is 0.614. The second-order valence-corrected chi connectivity index (χ2v) is 2.72. The van der Waals surface area contributed by atoms with E-state index in [0.717, 1.165) is 0 Å². The first kappa shape index (κ1) is 7.15. The number of carbonyl (C=O) groups excluding carboxylic acids is 2. The molecule has 0 saturated carbocycles. The molecule has 0 atom stereocenters. The van der Waals surface area contributed by atoms with Crippen LogP contribution < -0.4 is 0 Å². The minimum absolute atomic E-state index is 0.000509. The van der Waals surface area contributed by atoms with E-state index < -0.39 is 0 Å². The first-order valence-electron chi connectivity index (χ1n) is 2.85. The molecule has 0 aliphatic rings. The highest BCUT2D eigenvalue weighted by Crippen LogP contribution is 2.09. The normalized spacial score (nSPS) is 9.20. The van der Waals surface area contributed by atoms with Crippen molar-refractivity contribution in [2.75, 3.05) is 0 Å². The van der Waals surface area contributed by atoms with Crippen molar-refractivity contribution in [1.82, 2.24) is 0 Å². The quantitative estimate of drug-likeness (QED) is 0.376. The lowest BCUT2D eigenvalue weighted by Gasteiger charge is -1.85. The van der Waals surface area contributed by atoms with E-state index in [2.05, 4.69) is 0 Å². The minimum atomic E-state index is -0.0926. The van der Waals surface area contributed by atoms with Gasteiger partial charge < -0.3 is 4.79 Å². The molecule has 0 radical (unpaired) electrons. The van der Waals surface area contributed by atoms with E-state index >= 15 is 0 Å². The highest BCUT2D eigenvalue weighted by atomic mass is 32.1. The fourth-order valence-corrected chi connectivity index (χ4v) is 1.29. The summed E-state index contributed by atoms with van der Waals surface area (Å²) in [6.07, 6.45) is 0.628. The third-order valence-corrected chi connectivity index (χ3v) is 1.98. The summed E-state index contributed by atoms with van der Waals surface area (Å²) in [6, 6.07) is 3.51. The Bertz CT molecular complexity index is 226. The topological polar surface area (TPSA) is 34.1 Å². The van der Waals surface area contributed by atoms with Crippen LogP contribution in [0.1, 0.15) is 16.1 Å². The Hall–Kier alpha value is -0.960. The second kappa shape index (κ2) is 3.27. The molecule has 0 amide bonds. The molecule has 10 heavy (non-hydrogen) atoms. The number of rotatable bonds is 3. The van der Waals surface area contributed by atoms with Crippen LogP contribution in [0.15, 0.2) is 17.5 Å². The van der Waals surface area contributed by atoms with Gasteiger partial charge >= 0.3 is 0 Å². The van der Waals surface area contributed by atoms with Gasteiger partial charge in [0.25, 0.3) is 0 Å². The van der Waals surface area contributed by atoms with E-state index in [1.807, 2.05) is 5.38 Å². The van der Waals surface area contributed by atoms with E-state index in [0.29, 0.717) is 11.2 Å². The van der Waals surface area contributed by atoms with Crippen LogP contribution in [0.5, 0.6) is 0 Å². The number of carbonyl (C=O) groups is 2. The van der Waals surface area contributed by atoms with E-state index in [1.54, 1.807) is 12.1 Å². The van der Waals surface area contributed by atoms with Crippen LogP contribution in [-0.4, -0.2) is 12.1 Å². The maximum Gasteiger partial charge on any atom is 0.179 e. The fraction of sp³-hybridized carbons (Fsp3) is 0.143. The predicted octanol–water partition coefficient (Wildman–Crippen LogP) is 1.52. The molecule has 0 spiro atoms. The van der Waals surface area contributed by atoms with Crippen LogP contribution in [0, 0.1) is 0 Å². The standard InChI is InChI=1S/C7H6O2S/c8-4-3-6(9)7-2-1-5-10-7/h1-2,4-5H,3H2. The molecule has 2 nitrogen and oxygen atoms in total. The van der Waals surface area contributed by atoms with Gasteiger partial charge in [0.2, 0.25) is 0 Å². The van der Waals surface area contributed by atoms with Crippen molar-refractivity contribution in [3.8, 4) is 0 Å². The summed E-state index contributed by atoms with van der Waals surface area (Å²) in [5, 5.41) is 1.82. The van der Waals surface area contributed by atoms with Crippen LogP contribution in [0.3, 0.4) is 0 Å². The van der Waals surface area contributed by atoms with Crippen LogP contribution in [0.4, 0.5) is 0 Å². The molecule has 1 heterocycles. The molecule has 0 aliphatic heterocycles. The van der Waals surface area contributed by atoms with Crippen molar-refractivity contribution in [2.24, 2.45) is 0 Å². The van der Waals surface area contributed by atoms with Crippen LogP contribution in [-0.2, 0) is 4.79 Å². The van der Waals surface area contributed by atoms with E-state index in [4.69, 9.17) is 0 Å². The first-order valence-corrected chi connectivity index (χ1v) is 3.73. The van der Waals surface area contributed by atoms with Crippen molar-refractivity contribution in [3.05, 3.63) is 22.4 Å². The van der Waals surface area contributed by atoms with Crippen molar-refractivity contribution in [2.45, 2.75) is 6.42 Å². The molecule has 0 aliphatic carbocycles. The summed E-state index contributed by atoms with van der Waals surface area (Å²) in [6.45, 7) is 0. The monoisotopic (exact) mass is 154 g/mol. The number of aldehydes is 1. The number of hydrogen-bond donors (Lipinski definition) is 0. The number of hydrogen-bond acceptors (Lipinski definition) is 3. The van der Waals surface area contributed by atoms with E-state index in [-0.39, 0.29) is 12.2 Å². The van der Waals surface area contributed by atoms with Crippen molar-refractivity contribution in [1.29, 1.82) is 0 Å². The molecule has 0 fully saturated rings. The maximum atomic E-state index is 10.9. The summed E-state index contributed by atoms with van der Waals surface area (Å²) >= 11 is 1.36. The first-order chi connectivity index (χ1) is 4.84. The van der Waals surface area contributed by atoms with Gasteiger partial charge in [-0.05, 0) is 11.4 Å². The Morgan fingerprint density at radius 1 is 1.70 bits per heavy atom. The third kappa shape index (κ3) is 1.51. The third-order valence-electron chi connectivity index (χ3n) is 1.06. The smallest absolute Gasteiger partial charge is 0.179 e. The molecule has 0 unspecified atom stereocenters. The second-order valence-electron chi connectivity index (χ2n) is 1.77. The average molecular weight is 154 g/mol. The number of ketones is 1. The lowest BCUT2D eigenvalue weighted by Crippen LogP contribution is -1.94. The van der Waals surface area contributed by atoms with E-state index in [1.165, 1.54) is 11.3 Å².